The van der Waals surface area contributed by atoms with E-state index < -0.39 is 5.97 Å². The van der Waals surface area contributed by atoms with Crippen molar-refractivity contribution in [3.63, 3.8) is 0 Å². The number of Topliss-reactive ketones (excluding diaryl/α,β-unsaturated/α-hetero) is 1. The van der Waals surface area contributed by atoms with Gasteiger partial charge in [-0.25, -0.2) is 4.68 Å². The zero-order chi connectivity index (χ0) is 15.2. The molecule has 0 radical (unpaired) electrons. The molecule has 0 spiro atoms. The fourth-order valence-corrected chi connectivity index (χ4v) is 1.70. The predicted molar refractivity (Wildman–Crippen MR) is 70.6 cm³/mol. The molecule has 8 nitrogen and oxygen atoms in total. The lowest BCUT2D eigenvalue weighted by Gasteiger charge is -2.10. The summed E-state index contributed by atoms with van der Waals surface area (Å²) in [5, 5.41) is 10.4. The van der Waals surface area contributed by atoms with Crippen LogP contribution in [0.1, 0.15) is 22.8 Å². The second kappa shape index (κ2) is 6.60. The van der Waals surface area contributed by atoms with Gasteiger partial charge in [-0.1, -0.05) is 0 Å². The molecule has 21 heavy (non-hydrogen) atoms. The third-order valence-corrected chi connectivity index (χ3v) is 2.76. The van der Waals surface area contributed by atoms with Crippen molar-refractivity contribution in [3.05, 3.63) is 35.7 Å². The summed E-state index contributed by atoms with van der Waals surface area (Å²) < 4.78 is 11.6. The topological polar surface area (TPSA) is 96.2 Å². The Bertz CT molecular complexity index is 640. The zero-order valence-electron chi connectivity index (χ0n) is 11.6. The van der Waals surface area contributed by atoms with E-state index in [0.717, 1.165) is 0 Å². The van der Waals surface area contributed by atoms with Gasteiger partial charge in [0.15, 0.2) is 5.78 Å². The van der Waals surface area contributed by atoms with Crippen molar-refractivity contribution in [1.29, 1.82) is 0 Å². The number of ketones is 1. The van der Waals surface area contributed by atoms with Crippen LogP contribution < -0.4 is 4.74 Å². The van der Waals surface area contributed by atoms with Crippen molar-refractivity contribution in [1.82, 2.24) is 20.2 Å². The molecule has 0 aliphatic rings. The minimum Gasteiger partial charge on any atom is -0.496 e. The number of nitrogens with zero attached hydrogens (tertiary/aromatic N) is 4. The number of rotatable bonds is 6. The molecule has 1 aromatic carbocycles. The normalized spacial score (nSPS) is 10.2. The third kappa shape index (κ3) is 3.85. The maximum atomic E-state index is 11.7. The molecule has 0 aliphatic carbocycles. The maximum absolute atomic E-state index is 11.7. The smallest absolute Gasteiger partial charge is 0.328 e. The lowest BCUT2D eigenvalue weighted by atomic mass is 10.1. The molecule has 0 unspecified atom stereocenters. The van der Waals surface area contributed by atoms with Crippen LogP contribution in [0, 0.1) is 0 Å². The van der Waals surface area contributed by atoms with Crippen LogP contribution in [0.4, 0.5) is 0 Å². The first-order valence-corrected chi connectivity index (χ1v) is 6.14. The van der Waals surface area contributed by atoms with E-state index in [4.69, 9.17) is 9.47 Å². The lowest BCUT2D eigenvalue weighted by Crippen LogP contribution is -2.14. The molecule has 1 heterocycles. The Labute approximate surface area is 120 Å². The van der Waals surface area contributed by atoms with Crippen LogP contribution >= 0.6 is 0 Å². The quantitative estimate of drug-likeness (QED) is 0.568. The number of carbonyl (C=O) groups excluding carboxylic acids is 2. The van der Waals surface area contributed by atoms with E-state index in [9.17, 15) is 9.59 Å². The summed E-state index contributed by atoms with van der Waals surface area (Å²) in [5.41, 5.74) is 1.15. The number of ether oxygens (including phenoxy) is 2. The lowest BCUT2D eigenvalue weighted by molar-refractivity contribution is -0.145. The summed E-state index contributed by atoms with van der Waals surface area (Å²) in [6.45, 7) is 1.39. The van der Waals surface area contributed by atoms with E-state index in [2.05, 4.69) is 15.5 Å². The Hall–Kier alpha value is -2.77. The number of carbonyl (C=O) groups is 2. The fourth-order valence-electron chi connectivity index (χ4n) is 1.70. The monoisotopic (exact) mass is 290 g/mol. The Balaban J connectivity index is 2.02. The third-order valence-electron chi connectivity index (χ3n) is 2.76. The highest BCUT2D eigenvalue weighted by molar-refractivity contribution is 5.94. The van der Waals surface area contributed by atoms with Gasteiger partial charge in [0.25, 0.3) is 0 Å². The number of aromatic nitrogens is 4. The molecule has 1 aromatic heterocycles. The van der Waals surface area contributed by atoms with E-state index in [0.29, 0.717) is 16.9 Å². The van der Waals surface area contributed by atoms with Crippen LogP contribution in [0.25, 0.3) is 0 Å². The summed E-state index contributed by atoms with van der Waals surface area (Å²) in [4.78, 5) is 23.0. The minimum absolute atomic E-state index is 0.00521. The molecule has 0 saturated carbocycles. The highest BCUT2D eigenvalue weighted by Crippen LogP contribution is 2.21. The summed E-state index contributed by atoms with van der Waals surface area (Å²) >= 11 is 0. The van der Waals surface area contributed by atoms with Crippen molar-refractivity contribution in [3.8, 4) is 5.75 Å². The molecule has 8 heteroatoms. The van der Waals surface area contributed by atoms with Gasteiger partial charge in [0, 0.05) is 11.1 Å². The Morgan fingerprint density at radius 3 is 2.76 bits per heavy atom. The van der Waals surface area contributed by atoms with Crippen molar-refractivity contribution in [2.24, 2.45) is 0 Å². The minimum atomic E-state index is -0.488. The van der Waals surface area contributed by atoms with Crippen molar-refractivity contribution >= 4 is 11.8 Å². The summed E-state index contributed by atoms with van der Waals surface area (Å²) in [5.74, 6) is -0.00766. The van der Waals surface area contributed by atoms with Gasteiger partial charge in [-0.15, -0.1) is 5.10 Å². The van der Waals surface area contributed by atoms with Gasteiger partial charge >= 0.3 is 5.97 Å². The SMILES string of the molecule is COc1ccc(C(C)=O)cc1COC(=O)Cn1cnnn1. The number of tetrazole rings is 1. The molecular formula is C13H14N4O4. The van der Waals surface area contributed by atoms with Crippen LogP contribution in [0.2, 0.25) is 0 Å². The van der Waals surface area contributed by atoms with E-state index in [-0.39, 0.29) is 18.9 Å². The van der Waals surface area contributed by atoms with Crippen molar-refractivity contribution < 1.29 is 19.1 Å². The van der Waals surface area contributed by atoms with Gasteiger partial charge in [0.05, 0.1) is 7.11 Å². The average Bonchev–Trinajstić information content (AvgIpc) is 2.97. The number of benzene rings is 1. The first-order chi connectivity index (χ1) is 10.1. The van der Waals surface area contributed by atoms with Crippen LogP contribution in [-0.4, -0.2) is 39.1 Å². The standard InChI is InChI=1S/C13H14N4O4/c1-9(18)10-3-4-12(20-2)11(5-10)7-21-13(19)6-17-8-14-15-16-17/h3-5,8H,6-7H2,1-2H3. The first-order valence-electron chi connectivity index (χ1n) is 6.14. The number of hydrogen-bond donors (Lipinski definition) is 0. The van der Waals surface area contributed by atoms with Gasteiger partial charge in [0.2, 0.25) is 0 Å². The molecule has 0 atom stereocenters. The number of methoxy groups -OCH3 is 1. The van der Waals surface area contributed by atoms with Gasteiger partial charge < -0.3 is 9.47 Å². The molecule has 0 saturated heterocycles. The zero-order valence-corrected chi connectivity index (χ0v) is 11.6. The van der Waals surface area contributed by atoms with Crippen molar-refractivity contribution in [2.45, 2.75) is 20.1 Å². The van der Waals surface area contributed by atoms with E-state index in [1.807, 2.05) is 0 Å². The Kier molecular flexibility index (Phi) is 4.60. The summed E-state index contributed by atoms with van der Waals surface area (Å²) in [6.07, 6.45) is 1.32. The second-order valence-electron chi connectivity index (χ2n) is 4.25. The molecular weight excluding hydrogens is 276 g/mol. The van der Waals surface area contributed by atoms with Gasteiger partial charge in [-0.3, -0.25) is 9.59 Å². The first kappa shape index (κ1) is 14.6. The number of hydrogen-bond acceptors (Lipinski definition) is 7. The van der Waals surface area contributed by atoms with Crippen LogP contribution in [0.5, 0.6) is 5.75 Å². The highest BCUT2D eigenvalue weighted by Gasteiger charge is 2.11. The summed E-state index contributed by atoms with van der Waals surface area (Å²) in [7, 11) is 1.51. The molecule has 2 aromatic rings. The van der Waals surface area contributed by atoms with E-state index in [1.54, 1.807) is 18.2 Å². The molecule has 0 amide bonds. The highest BCUT2D eigenvalue weighted by atomic mass is 16.5. The fraction of sp³-hybridized carbons (Fsp3) is 0.308. The van der Waals surface area contributed by atoms with Gasteiger partial charge in [0.1, 0.15) is 25.2 Å². The Morgan fingerprint density at radius 1 is 1.33 bits per heavy atom. The molecule has 110 valence electrons. The Morgan fingerprint density at radius 2 is 2.14 bits per heavy atom. The average molecular weight is 290 g/mol. The maximum Gasteiger partial charge on any atom is 0.328 e. The molecule has 2 rings (SSSR count). The molecule has 0 aliphatic heterocycles. The molecule has 0 N–H and O–H groups in total. The summed E-state index contributed by atoms with van der Waals surface area (Å²) in [6, 6.07) is 4.97. The van der Waals surface area contributed by atoms with Crippen LogP contribution in [0.15, 0.2) is 24.5 Å². The largest absolute Gasteiger partial charge is 0.496 e. The van der Waals surface area contributed by atoms with E-state index in [1.165, 1.54) is 25.0 Å². The van der Waals surface area contributed by atoms with E-state index >= 15 is 0 Å². The molecule has 0 bridgehead atoms. The van der Waals surface area contributed by atoms with Gasteiger partial charge in [-0.05, 0) is 35.5 Å². The van der Waals surface area contributed by atoms with Crippen LogP contribution in [0.3, 0.4) is 0 Å². The molecule has 0 fully saturated rings. The second-order valence-corrected chi connectivity index (χ2v) is 4.25. The van der Waals surface area contributed by atoms with Crippen molar-refractivity contribution in [2.75, 3.05) is 7.11 Å². The van der Waals surface area contributed by atoms with Crippen LogP contribution in [-0.2, 0) is 22.7 Å². The number of esters is 1. The predicted octanol–water partition coefficient (Wildman–Crippen LogP) is 0.628. The van der Waals surface area contributed by atoms with Gasteiger partial charge in [-0.2, -0.15) is 0 Å².